The molecule has 0 bridgehead atoms. The second kappa shape index (κ2) is 8.52. The van der Waals surface area contributed by atoms with Crippen LogP contribution in [0.5, 0.6) is 0 Å². The Bertz CT molecular complexity index is 715. The number of hydrogen-bond donors (Lipinski definition) is 1. The van der Waals surface area contributed by atoms with Crippen LogP contribution in [0.2, 0.25) is 0 Å². The van der Waals surface area contributed by atoms with Gasteiger partial charge >= 0.3 is 0 Å². The molecular formula is C20H28N6O. The van der Waals surface area contributed by atoms with Gasteiger partial charge in [0.05, 0.1) is 5.56 Å². The normalized spacial score (nSPS) is 18.7. The number of carbonyl (C=O) groups excluding carboxylic acids is 1. The highest BCUT2D eigenvalue weighted by Crippen LogP contribution is 2.23. The summed E-state index contributed by atoms with van der Waals surface area (Å²) in [5, 5.41) is 7.60. The van der Waals surface area contributed by atoms with Crippen molar-refractivity contribution in [2.24, 2.45) is 5.92 Å². The van der Waals surface area contributed by atoms with Crippen LogP contribution >= 0.6 is 0 Å². The van der Waals surface area contributed by atoms with Crippen molar-refractivity contribution in [3.63, 3.8) is 0 Å². The van der Waals surface area contributed by atoms with Gasteiger partial charge in [-0.15, -0.1) is 0 Å². The van der Waals surface area contributed by atoms with E-state index in [1.165, 1.54) is 0 Å². The summed E-state index contributed by atoms with van der Waals surface area (Å²) in [6.07, 6.45) is 8.84. The van der Waals surface area contributed by atoms with E-state index in [9.17, 15) is 4.79 Å². The lowest BCUT2D eigenvalue weighted by molar-refractivity contribution is 0.0684. The molecule has 2 saturated heterocycles. The van der Waals surface area contributed by atoms with Crippen LogP contribution in [0.15, 0.2) is 36.8 Å². The Balaban J connectivity index is 1.27. The molecule has 0 radical (unpaired) electrons. The summed E-state index contributed by atoms with van der Waals surface area (Å²) >= 11 is 0. The molecule has 4 heterocycles. The molecule has 1 N–H and O–H groups in total. The van der Waals surface area contributed by atoms with Crippen molar-refractivity contribution in [3.8, 4) is 0 Å². The molecule has 7 heteroatoms. The maximum atomic E-state index is 12.8. The first-order valence-electron chi connectivity index (χ1n) is 9.98. The number of piperidine rings is 1. The summed E-state index contributed by atoms with van der Waals surface area (Å²) in [5.74, 6) is 1.75. The van der Waals surface area contributed by atoms with Gasteiger partial charge in [0.1, 0.15) is 5.82 Å². The van der Waals surface area contributed by atoms with Gasteiger partial charge in [-0.1, -0.05) is 0 Å². The van der Waals surface area contributed by atoms with Gasteiger partial charge in [-0.2, -0.15) is 5.10 Å². The Morgan fingerprint density at radius 3 is 2.63 bits per heavy atom. The lowest BCUT2D eigenvalue weighted by Crippen LogP contribution is -2.44. The molecule has 0 unspecified atom stereocenters. The third kappa shape index (κ3) is 4.47. The van der Waals surface area contributed by atoms with Crippen LogP contribution in [0.3, 0.4) is 0 Å². The largest absolute Gasteiger partial charge is 0.354 e. The zero-order valence-electron chi connectivity index (χ0n) is 15.8. The zero-order valence-corrected chi connectivity index (χ0v) is 15.8. The zero-order chi connectivity index (χ0) is 18.5. The number of carbonyl (C=O) groups is 1. The molecule has 7 nitrogen and oxygen atoms in total. The van der Waals surface area contributed by atoms with E-state index in [0.717, 1.165) is 70.9 Å². The van der Waals surface area contributed by atoms with Crippen molar-refractivity contribution in [2.75, 3.05) is 44.2 Å². The summed E-state index contributed by atoms with van der Waals surface area (Å²) in [6, 6.07) is 5.87. The number of likely N-dealkylation sites (tertiary alicyclic amines) is 1. The van der Waals surface area contributed by atoms with Crippen LogP contribution in [0.4, 0.5) is 5.82 Å². The Hall–Kier alpha value is -2.41. The van der Waals surface area contributed by atoms with Crippen molar-refractivity contribution in [1.29, 1.82) is 0 Å². The smallest absolute Gasteiger partial charge is 0.255 e. The Kier molecular flexibility index (Phi) is 5.67. The fourth-order valence-corrected chi connectivity index (χ4v) is 3.95. The van der Waals surface area contributed by atoms with Crippen LogP contribution in [0.25, 0.3) is 0 Å². The number of aromatic nitrogens is 3. The molecule has 2 aromatic heterocycles. The van der Waals surface area contributed by atoms with E-state index in [0.29, 0.717) is 11.5 Å². The predicted octanol–water partition coefficient (Wildman–Crippen LogP) is 1.63. The molecule has 0 atom stereocenters. The molecule has 27 heavy (non-hydrogen) atoms. The number of nitrogens with one attached hydrogen (secondary N) is 1. The van der Waals surface area contributed by atoms with Gasteiger partial charge in [0.15, 0.2) is 0 Å². The first-order valence-corrected chi connectivity index (χ1v) is 9.98. The van der Waals surface area contributed by atoms with Crippen LogP contribution in [0.1, 0.15) is 29.6 Å². The van der Waals surface area contributed by atoms with Crippen molar-refractivity contribution < 1.29 is 4.79 Å². The van der Waals surface area contributed by atoms with Gasteiger partial charge in [-0.3, -0.25) is 9.48 Å². The molecule has 2 aromatic rings. The molecule has 2 aliphatic heterocycles. The number of anilines is 1. The number of pyridine rings is 1. The van der Waals surface area contributed by atoms with E-state index in [4.69, 9.17) is 0 Å². The van der Waals surface area contributed by atoms with Crippen molar-refractivity contribution >= 4 is 11.7 Å². The minimum Gasteiger partial charge on any atom is -0.354 e. The average molecular weight is 368 g/mol. The first-order chi connectivity index (χ1) is 13.3. The van der Waals surface area contributed by atoms with Gasteiger partial charge < -0.3 is 15.1 Å². The van der Waals surface area contributed by atoms with Crippen LogP contribution in [-0.2, 0) is 6.54 Å². The number of nitrogens with zero attached hydrogens (tertiary/aromatic N) is 5. The van der Waals surface area contributed by atoms with E-state index >= 15 is 0 Å². The summed E-state index contributed by atoms with van der Waals surface area (Å²) in [6.45, 7) is 6.53. The molecule has 0 saturated carbocycles. The molecule has 2 fully saturated rings. The molecule has 144 valence electrons. The number of amides is 1. The topological polar surface area (TPSA) is 66.3 Å². The molecule has 0 spiro atoms. The summed E-state index contributed by atoms with van der Waals surface area (Å²) < 4.78 is 1.99. The molecule has 4 rings (SSSR count). The maximum absolute atomic E-state index is 12.8. The molecular weight excluding hydrogens is 340 g/mol. The summed E-state index contributed by atoms with van der Waals surface area (Å²) in [4.78, 5) is 21.6. The highest BCUT2D eigenvalue weighted by atomic mass is 16.2. The number of hydrogen-bond acceptors (Lipinski definition) is 5. The van der Waals surface area contributed by atoms with Gasteiger partial charge in [0.25, 0.3) is 5.91 Å². The fourth-order valence-electron chi connectivity index (χ4n) is 3.95. The first kappa shape index (κ1) is 18.0. The van der Waals surface area contributed by atoms with Crippen LogP contribution in [0, 0.1) is 5.92 Å². The van der Waals surface area contributed by atoms with E-state index in [2.05, 4.69) is 20.3 Å². The lowest BCUT2D eigenvalue weighted by Gasteiger charge is -2.32. The van der Waals surface area contributed by atoms with Gasteiger partial charge in [-0.05, 0) is 43.4 Å². The third-order valence-corrected chi connectivity index (χ3v) is 5.66. The average Bonchev–Trinajstić information content (AvgIpc) is 3.27. The van der Waals surface area contributed by atoms with Gasteiger partial charge in [-0.25, -0.2) is 4.98 Å². The predicted molar refractivity (Wildman–Crippen MR) is 105 cm³/mol. The van der Waals surface area contributed by atoms with E-state index in [1.54, 1.807) is 6.20 Å². The number of rotatable bonds is 5. The monoisotopic (exact) mass is 368 g/mol. The third-order valence-electron chi connectivity index (χ3n) is 5.66. The Morgan fingerprint density at radius 1 is 1.15 bits per heavy atom. The lowest BCUT2D eigenvalue weighted by atomic mass is 9.93. The minimum absolute atomic E-state index is 0.111. The van der Waals surface area contributed by atoms with Gasteiger partial charge in [0.2, 0.25) is 0 Å². The van der Waals surface area contributed by atoms with Crippen molar-refractivity contribution in [2.45, 2.75) is 25.8 Å². The molecule has 1 amide bonds. The number of aryl methyl sites for hydroxylation is 1. The fraction of sp³-hybridized carbons (Fsp3) is 0.550. The quantitative estimate of drug-likeness (QED) is 0.869. The molecule has 0 aromatic carbocycles. The Labute approximate surface area is 160 Å². The van der Waals surface area contributed by atoms with Crippen LogP contribution in [-0.4, -0.2) is 64.8 Å². The summed E-state index contributed by atoms with van der Waals surface area (Å²) in [7, 11) is 0. The summed E-state index contributed by atoms with van der Waals surface area (Å²) in [5.41, 5.74) is 0.698. The highest BCUT2D eigenvalue weighted by molar-refractivity contribution is 5.94. The van der Waals surface area contributed by atoms with E-state index in [1.807, 2.05) is 40.2 Å². The van der Waals surface area contributed by atoms with Crippen molar-refractivity contribution in [3.05, 3.63) is 42.4 Å². The Morgan fingerprint density at radius 2 is 1.96 bits per heavy atom. The minimum atomic E-state index is 0.111. The number of piperazine rings is 1. The highest BCUT2D eigenvalue weighted by Gasteiger charge is 2.24. The second-order valence-electron chi connectivity index (χ2n) is 7.44. The second-order valence-corrected chi connectivity index (χ2v) is 7.44. The van der Waals surface area contributed by atoms with Crippen LogP contribution < -0.4 is 10.2 Å². The maximum Gasteiger partial charge on any atom is 0.255 e. The molecule has 0 aliphatic carbocycles. The standard InChI is InChI=1S/C20H28N6O/c27-20(18-2-3-19(22-16-18)24-14-8-21-9-15-24)25-11-4-17(5-12-25)6-13-26-10-1-7-23-26/h1-3,7,10,16-17,21H,4-6,8-9,11-15H2. The van der Waals surface area contributed by atoms with Gasteiger partial charge in [0, 0.05) is 64.4 Å². The van der Waals surface area contributed by atoms with Crippen molar-refractivity contribution in [1.82, 2.24) is 25.0 Å². The molecule has 2 aliphatic rings. The van der Waals surface area contributed by atoms with E-state index in [-0.39, 0.29) is 5.91 Å². The van der Waals surface area contributed by atoms with E-state index < -0.39 is 0 Å². The SMILES string of the molecule is O=C(c1ccc(N2CCNCC2)nc1)N1CCC(CCn2cccn2)CC1.